The molecule has 0 fully saturated rings. The molecule has 2 N–H and O–H groups in total. The van der Waals surface area contributed by atoms with Crippen LogP contribution >= 0.6 is 0 Å². The maximum Gasteiger partial charge on any atom is 0.358 e. The van der Waals surface area contributed by atoms with Gasteiger partial charge in [-0.25, -0.2) is 9.48 Å². The van der Waals surface area contributed by atoms with E-state index in [0.29, 0.717) is 18.7 Å². The summed E-state index contributed by atoms with van der Waals surface area (Å²) in [5.74, 6) is -1.02. The summed E-state index contributed by atoms with van der Waals surface area (Å²) >= 11 is 0. The van der Waals surface area contributed by atoms with E-state index in [2.05, 4.69) is 10.3 Å². The van der Waals surface area contributed by atoms with Gasteiger partial charge in [0.25, 0.3) is 0 Å². The first-order valence-electron chi connectivity index (χ1n) is 5.97. The molecule has 1 aromatic heterocycles. The first-order chi connectivity index (χ1) is 8.20. The summed E-state index contributed by atoms with van der Waals surface area (Å²) in [6.07, 6.45) is 4.09. The van der Waals surface area contributed by atoms with E-state index in [0.717, 1.165) is 25.7 Å². The number of hydrogen-bond donors (Lipinski definition) is 2. The third-order valence-electron chi connectivity index (χ3n) is 2.56. The van der Waals surface area contributed by atoms with Crippen LogP contribution in [0.5, 0.6) is 0 Å². The number of carbonyl (C=O) groups is 1. The Morgan fingerprint density at radius 1 is 1.35 bits per heavy atom. The second-order valence-corrected chi connectivity index (χ2v) is 3.95. The van der Waals surface area contributed by atoms with E-state index >= 15 is 0 Å². The van der Waals surface area contributed by atoms with Gasteiger partial charge in [-0.3, -0.25) is 0 Å². The second kappa shape index (κ2) is 7.01. The van der Waals surface area contributed by atoms with Crippen molar-refractivity contribution in [1.82, 2.24) is 15.0 Å². The Morgan fingerprint density at radius 3 is 2.71 bits per heavy atom. The van der Waals surface area contributed by atoms with Crippen LogP contribution < -0.4 is 0 Å². The number of carboxylic acids is 1. The summed E-state index contributed by atoms with van der Waals surface area (Å²) in [6, 6.07) is 0. The van der Waals surface area contributed by atoms with Crippen molar-refractivity contribution < 1.29 is 15.0 Å². The number of unbranched alkanes of at least 4 members (excludes halogenated alkanes) is 2. The lowest BCUT2D eigenvalue weighted by molar-refractivity contribution is 0.0689. The van der Waals surface area contributed by atoms with Crippen LogP contribution in [0.3, 0.4) is 0 Å². The zero-order chi connectivity index (χ0) is 12.7. The lowest BCUT2D eigenvalue weighted by Crippen LogP contribution is -2.08. The average molecular weight is 241 g/mol. The molecule has 0 unspecified atom stereocenters. The number of aliphatic hydroxyl groups is 1. The highest BCUT2D eigenvalue weighted by Gasteiger charge is 2.17. The Balaban J connectivity index is 2.67. The topological polar surface area (TPSA) is 88.2 Å². The Labute approximate surface area is 100 Å². The number of hydrogen-bond acceptors (Lipinski definition) is 4. The monoisotopic (exact) mass is 241 g/mol. The maximum absolute atomic E-state index is 10.9. The largest absolute Gasteiger partial charge is 0.476 e. The van der Waals surface area contributed by atoms with Gasteiger partial charge in [0.2, 0.25) is 0 Å². The van der Waals surface area contributed by atoms with Gasteiger partial charge >= 0.3 is 5.97 Å². The first-order valence-corrected chi connectivity index (χ1v) is 5.97. The smallest absolute Gasteiger partial charge is 0.358 e. The number of nitrogens with zero attached hydrogens (tertiary/aromatic N) is 3. The highest BCUT2D eigenvalue weighted by Crippen LogP contribution is 2.10. The standard InChI is InChI=1S/C11H19N3O3/c1-2-6-9-10(11(16)17)12-13-14(9)7-4-3-5-8-15/h15H,2-8H2,1H3,(H,16,17). The Morgan fingerprint density at radius 2 is 2.12 bits per heavy atom. The van der Waals surface area contributed by atoms with Crippen molar-refractivity contribution in [2.45, 2.75) is 45.6 Å². The summed E-state index contributed by atoms with van der Waals surface area (Å²) in [7, 11) is 0. The molecule has 0 radical (unpaired) electrons. The fraction of sp³-hybridized carbons (Fsp3) is 0.727. The fourth-order valence-corrected chi connectivity index (χ4v) is 1.71. The van der Waals surface area contributed by atoms with Gasteiger partial charge in [0, 0.05) is 13.2 Å². The Hall–Kier alpha value is -1.43. The number of rotatable bonds is 8. The van der Waals surface area contributed by atoms with Crippen molar-refractivity contribution in [3.05, 3.63) is 11.4 Å². The zero-order valence-corrected chi connectivity index (χ0v) is 10.1. The number of aliphatic hydroxyl groups excluding tert-OH is 1. The van der Waals surface area contributed by atoms with E-state index < -0.39 is 5.97 Å². The van der Waals surface area contributed by atoms with Gasteiger partial charge in [0.05, 0.1) is 5.69 Å². The molecule has 0 aromatic carbocycles. The average Bonchev–Trinajstić information content (AvgIpc) is 2.69. The van der Waals surface area contributed by atoms with E-state index in [1.807, 2.05) is 6.92 Å². The van der Waals surface area contributed by atoms with Crippen molar-refractivity contribution in [1.29, 1.82) is 0 Å². The number of aryl methyl sites for hydroxylation is 1. The molecule has 0 saturated carbocycles. The molecule has 0 aliphatic heterocycles. The van der Waals surface area contributed by atoms with Gasteiger partial charge in [-0.1, -0.05) is 18.6 Å². The third-order valence-corrected chi connectivity index (χ3v) is 2.56. The van der Waals surface area contributed by atoms with Crippen LogP contribution in [0, 0.1) is 0 Å². The van der Waals surface area contributed by atoms with E-state index in [-0.39, 0.29) is 12.3 Å². The van der Waals surface area contributed by atoms with Crippen molar-refractivity contribution in [2.75, 3.05) is 6.61 Å². The van der Waals surface area contributed by atoms with E-state index in [9.17, 15) is 4.79 Å². The van der Waals surface area contributed by atoms with Gasteiger partial charge in [-0.15, -0.1) is 5.10 Å². The van der Waals surface area contributed by atoms with Crippen LogP contribution in [0.25, 0.3) is 0 Å². The van der Waals surface area contributed by atoms with Crippen LogP contribution in [0.4, 0.5) is 0 Å². The van der Waals surface area contributed by atoms with Gasteiger partial charge < -0.3 is 10.2 Å². The lowest BCUT2D eigenvalue weighted by Gasteiger charge is -2.05. The van der Waals surface area contributed by atoms with Crippen LogP contribution in [-0.4, -0.2) is 37.8 Å². The van der Waals surface area contributed by atoms with E-state index in [4.69, 9.17) is 10.2 Å². The Bertz CT molecular complexity index is 363. The summed E-state index contributed by atoms with van der Waals surface area (Å²) in [5.41, 5.74) is 0.762. The molecule has 17 heavy (non-hydrogen) atoms. The van der Waals surface area contributed by atoms with E-state index in [1.165, 1.54) is 0 Å². The van der Waals surface area contributed by atoms with Crippen molar-refractivity contribution in [2.24, 2.45) is 0 Å². The molecule has 6 heteroatoms. The normalized spacial score (nSPS) is 10.7. The minimum Gasteiger partial charge on any atom is -0.476 e. The van der Waals surface area contributed by atoms with E-state index in [1.54, 1.807) is 4.68 Å². The summed E-state index contributed by atoms with van der Waals surface area (Å²) in [5, 5.41) is 25.2. The summed E-state index contributed by atoms with van der Waals surface area (Å²) in [4.78, 5) is 10.9. The first kappa shape index (κ1) is 13.6. The van der Waals surface area contributed by atoms with Crippen LogP contribution in [0.2, 0.25) is 0 Å². The molecule has 96 valence electrons. The predicted octanol–water partition coefficient (Wildman–Crippen LogP) is 1.09. The third kappa shape index (κ3) is 3.81. The zero-order valence-electron chi connectivity index (χ0n) is 10.1. The molecule has 0 atom stereocenters. The van der Waals surface area contributed by atoms with Gasteiger partial charge in [0.15, 0.2) is 5.69 Å². The van der Waals surface area contributed by atoms with Crippen LogP contribution in [0.1, 0.15) is 48.8 Å². The molecule has 1 heterocycles. The molecule has 0 spiro atoms. The number of aromatic nitrogens is 3. The summed E-state index contributed by atoms with van der Waals surface area (Å²) < 4.78 is 1.67. The quantitative estimate of drug-likeness (QED) is 0.665. The number of carboxylic acid groups (broad SMARTS) is 1. The molecule has 0 aliphatic rings. The number of aromatic carboxylic acids is 1. The molecule has 0 aliphatic carbocycles. The van der Waals surface area contributed by atoms with Crippen LogP contribution in [-0.2, 0) is 13.0 Å². The highest BCUT2D eigenvalue weighted by molar-refractivity contribution is 5.86. The molecule has 0 amide bonds. The fourth-order valence-electron chi connectivity index (χ4n) is 1.71. The maximum atomic E-state index is 10.9. The highest BCUT2D eigenvalue weighted by atomic mass is 16.4. The molecule has 6 nitrogen and oxygen atoms in total. The molecule has 1 rings (SSSR count). The minimum atomic E-state index is -1.02. The van der Waals surface area contributed by atoms with Crippen molar-refractivity contribution in [3.63, 3.8) is 0 Å². The lowest BCUT2D eigenvalue weighted by atomic mass is 10.2. The van der Waals surface area contributed by atoms with Gasteiger partial charge in [-0.05, 0) is 25.7 Å². The SMILES string of the molecule is CCCc1c(C(=O)O)nnn1CCCCCO. The summed E-state index contributed by atoms with van der Waals surface area (Å²) in [6.45, 7) is 2.85. The Kier molecular flexibility index (Phi) is 5.62. The van der Waals surface area contributed by atoms with Gasteiger partial charge in [-0.2, -0.15) is 0 Å². The molecule has 1 aromatic rings. The minimum absolute atomic E-state index is 0.0639. The molecule has 0 bridgehead atoms. The second-order valence-electron chi connectivity index (χ2n) is 3.95. The molecular formula is C11H19N3O3. The van der Waals surface area contributed by atoms with Gasteiger partial charge in [0.1, 0.15) is 0 Å². The molecular weight excluding hydrogens is 222 g/mol. The predicted molar refractivity (Wildman–Crippen MR) is 61.9 cm³/mol. The van der Waals surface area contributed by atoms with Crippen molar-refractivity contribution >= 4 is 5.97 Å². The van der Waals surface area contributed by atoms with Crippen LogP contribution in [0.15, 0.2) is 0 Å². The molecule has 0 saturated heterocycles. The van der Waals surface area contributed by atoms with Crippen molar-refractivity contribution in [3.8, 4) is 0 Å².